The Morgan fingerprint density at radius 1 is 1.15 bits per heavy atom. The minimum Gasteiger partial charge on any atom is -0.396 e. The van der Waals surface area contributed by atoms with Gasteiger partial charge in [-0.2, -0.15) is 0 Å². The van der Waals surface area contributed by atoms with Gasteiger partial charge in [0.1, 0.15) is 0 Å². The molecule has 0 fully saturated rings. The molecule has 0 radical (unpaired) electrons. The minimum absolute atomic E-state index is 0.289. The first kappa shape index (κ1) is 15.5. The van der Waals surface area contributed by atoms with E-state index in [9.17, 15) is 5.11 Å². The first-order chi connectivity index (χ1) is 9.40. The van der Waals surface area contributed by atoms with Crippen LogP contribution in [0.2, 0.25) is 25.7 Å². The molecule has 0 amide bonds. The van der Waals surface area contributed by atoms with Gasteiger partial charge in [-0.25, -0.2) is 0 Å². The molecule has 0 saturated carbocycles. The Morgan fingerprint density at radius 3 is 2.35 bits per heavy atom. The average molecular weight is 289 g/mol. The summed E-state index contributed by atoms with van der Waals surface area (Å²) in [6.45, 7) is 9.90. The molecule has 0 unspecified atom stereocenters. The second-order valence-corrected chi connectivity index (χ2v) is 13.0. The molecule has 1 aromatic carbocycles. The number of hydrogen-bond donors (Lipinski definition) is 1. The third kappa shape index (κ3) is 3.83. The molecular weight excluding hydrogens is 260 g/mol. The molecule has 0 heterocycles. The van der Waals surface area contributed by atoms with Crippen LogP contribution in [0.3, 0.4) is 0 Å². The highest BCUT2D eigenvalue weighted by Crippen LogP contribution is 2.41. The first-order valence-electron chi connectivity index (χ1n) is 7.76. The summed E-state index contributed by atoms with van der Waals surface area (Å²) in [7, 11) is -1.07. The Bertz CT molecular complexity index is 458. The number of benzene rings is 1. The summed E-state index contributed by atoms with van der Waals surface area (Å²) in [6.07, 6.45) is 3.63. The third-order valence-electron chi connectivity index (χ3n) is 4.34. The van der Waals surface area contributed by atoms with E-state index in [4.69, 9.17) is 0 Å². The molecule has 1 aliphatic rings. The van der Waals surface area contributed by atoms with E-state index in [0.29, 0.717) is 17.8 Å². The fourth-order valence-electron chi connectivity index (χ4n) is 3.49. The van der Waals surface area contributed by atoms with Crippen LogP contribution in [0.1, 0.15) is 24.8 Å². The van der Waals surface area contributed by atoms with Gasteiger partial charge in [0.15, 0.2) is 0 Å². The molecule has 2 rings (SSSR count). The first-order valence-corrected chi connectivity index (χ1v) is 11.5. The lowest BCUT2D eigenvalue weighted by atomic mass is 9.72. The van der Waals surface area contributed by atoms with Crippen molar-refractivity contribution in [1.82, 2.24) is 0 Å². The van der Waals surface area contributed by atoms with E-state index in [1.165, 1.54) is 18.0 Å². The van der Waals surface area contributed by atoms with Gasteiger partial charge in [0.2, 0.25) is 0 Å². The Kier molecular flexibility index (Phi) is 4.87. The van der Waals surface area contributed by atoms with Crippen LogP contribution in [0.4, 0.5) is 0 Å². The molecule has 1 nitrogen and oxygen atoms in total. The zero-order valence-corrected chi connectivity index (χ0v) is 14.3. The molecule has 110 valence electrons. The number of aliphatic hydroxyl groups excluding tert-OH is 1. The molecule has 3 atom stereocenters. The second-order valence-electron chi connectivity index (χ2n) is 7.53. The molecular formula is C18H28OSi. The van der Waals surface area contributed by atoms with Crippen LogP contribution < -0.4 is 0 Å². The predicted octanol–water partition coefficient (Wildman–Crippen LogP) is 4.68. The zero-order chi connectivity index (χ0) is 14.8. The molecule has 20 heavy (non-hydrogen) atoms. The fourth-order valence-corrected chi connectivity index (χ4v) is 5.11. The highest BCUT2D eigenvalue weighted by Gasteiger charge is 2.32. The lowest BCUT2D eigenvalue weighted by Gasteiger charge is -2.36. The van der Waals surface area contributed by atoms with E-state index in [2.05, 4.69) is 63.0 Å². The summed E-state index contributed by atoms with van der Waals surface area (Å²) in [6, 6.07) is 12.0. The summed E-state index contributed by atoms with van der Waals surface area (Å²) in [5, 5.41) is 9.79. The Morgan fingerprint density at radius 2 is 1.80 bits per heavy atom. The molecule has 1 aromatic rings. The number of aliphatic hydroxyl groups is 1. The largest absolute Gasteiger partial charge is 0.396 e. The molecule has 0 bridgehead atoms. The summed E-state index contributed by atoms with van der Waals surface area (Å²) in [5.74, 6) is 1.32. The minimum atomic E-state index is -1.07. The summed E-state index contributed by atoms with van der Waals surface area (Å²) >= 11 is 0. The average Bonchev–Trinajstić information content (AvgIpc) is 2.37. The highest BCUT2D eigenvalue weighted by atomic mass is 28.3. The van der Waals surface area contributed by atoms with Gasteiger partial charge in [0, 0.05) is 20.6 Å². The van der Waals surface area contributed by atoms with Crippen molar-refractivity contribution in [3.8, 4) is 0 Å². The standard InChI is InChI=1S/C18H28OSi/c1-14-10-15(13-20(2,3)4)11-17(18(14)12-19)16-8-6-5-7-9-16/h5-9,11,14,17-19H,10,12-13H2,1-4H3/t14-,17+,18+/m1/s1. The van der Waals surface area contributed by atoms with Crippen molar-refractivity contribution in [1.29, 1.82) is 0 Å². The lowest BCUT2D eigenvalue weighted by molar-refractivity contribution is 0.162. The van der Waals surface area contributed by atoms with E-state index in [0.717, 1.165) is 0 Å². The molecule has 0 spiro atoms. The normalized spacial score (nSPS) is 27.2. The Labute approximate surface area is 124 Å². The molecule has 0 aromatic heterocycles. The molecule has 1 aliphatic carbocycles. The maximum atomic E-state index is 9.79. The van der Waals surface area contributed by atoms with Gasteiger partial charge in [0.25, 0.3) is 0 Å². The van der Waals surface area contributed by atoms with Crippen molar-refractivity contribution < 1.29 is 5.11 Å². The van der Waals surface area contributed by atoms with Crippen molar-refractivity contribution in [3.05, 3.63) is 47.5 Å². The lowest BCUT2D eigenvalue weighted by Crippen LogP contribution is -2.29. The molecule has 0 aliphatic heterocycles. The van der Waals surface area contributed by atoms with Crippen molar-refractivity contribution in [2.45, 2.75) is 44.9 Å². The van der Waals surface area contributed by atoms with Gasteiger partial charge in [0.05, 0.1) is 0 Å². The maximum Gasteiger partial charge on any atom is 0.0483 e. The van der Waals surface area contributed by atoms with Crippen LogP contribution in [0, 0.1) is 11.8 Å². The smallest absolute Gasteiger partial charge is 0.0483 e. The van der Waals surface area contributed by atoms with Gasteiger partial charge in [-0.3, -0.25) is 0 Å². The SMILES string of the molecule is C[C@@H]1CC(C[Si](C)(C)C)=C[C@@H](c2ccccc2)[C@H]1CO. The van der Waals surface area contributed by atoms with Crippen LogP contribution in [-0.4, -0.2) is 19.8 Å². The Hall–Kier alpha value is -0.863. The number of allylic oxidation sites excluding steroid dienone is 2. The van der Waals surface area contributed by atoms with E-state index >= 15 is 0 Å². The zero-order valence-electron chi connectivity index (χ0n) is 13.3. The van der Waals surface area contributed by atoms with Crippen LogP contribution in [-0.2, 0) is 0 Å². The van der Waals surface area contributed by atoms with Gasteiger partial charge in [-0.05, 0) is 29.9 Å². The molecule has 1 N–H and O–H groups in total. The third-order valence-corrected chi connectivity index (χ3v) is 5.86. The van der Waals surface area contributed by atoms with Crippen molar-refractivity contribution >= 4 is 8.07 Å². The van der Waals surface area contributed by atoms with Gasteiger partial charge < -0.3 is 5.11 Å². The monoisotopic (exact) mass is 288 g/mol. The topological polar surface area (TPSA) is 20.2 Å². The maximum absolute atomic E-state index is 9.79. The van der Waals surface area contributed by atoms with Gasteiger partial charge in [-0.15, -0.1) is 0 Å². The molecule has 0 saturated heterocycles. The van der Waals surface area contributed by atoms with Gasteiger partial charge in [-0.1, -0.05) is 68.5 Å². The van der Waals surface area contributed by atoms with Crippen molar-refractivity contribution in [3.63, 3.8) is 0 Å². The van der Waals surface area contributed by atoms with Gasteiger partial charge >= 0.3 is 0 Å². The van der Waals surface area contributed by atoms with E-state index < -0.39 is 8.07 Å². The van der Waals surface area contributed by atoms with E-state index in [1.807, 2.05) is 0 Å². The van der Waals surface area contributed by atoms with Crippen molar-refractivity contribution in [2.24, 2.45) is 11.8 Å². The Balaban J connectivity index is 2.31. The van der Waals surface area contributed by atoms with E-state index in [-0.39, 0.29) is 6.61 Å². The van der Waals surface area contributed by atoms with Crippen molar-refractivity contribution in [2.75, 3.05) is 6.61 Å². The summed E-state index contributed by atoms with van der Waals surface area (Å²) in [4.78, 5) is 0. The van der Waals surface area contributed by atoms with Crippen LogP contribution >= 0.6 is 0 Å². The fraction of sp³-hybridized carbons (Fsp3) is 0.556. The number of rotatable bonds is 4. The molecule has 2 heteroatoms. The number of hydrogen-bond acceptors (Lipinski definition) is 1. The summed E-state index contributed by atoms with van der Waals surface area (Å²) < 4.78 is 0. The van der Waals surface area contributed by atoms with Crippen LogP contribution in [0.25, 0.3) is 0 Å². The van der Waals surface area contributed by atoms with Crippen LogP contribution in [0.15, 0.2) is 42.0 Å². The predicted molar refractivity (Wildman–Crippen MR) is 89.8 cm³/mol. The van der Waals surface area contributed by atoms with Crippen LogP contribution in [0.5, 0.6) is 0 Å². The highest BCUT2D eigenvalue weighted by molar-refractivity contribution is 6.76. The van der Waals surface area contributed by atoms with E-state index in [1.54, 1.807) is 5.57 Å². The second kappa shape index (κ2) is 6.27. The quantitative estimate of drug-likeness (QED) is 0.630. The summed E-state index contributed by atoms with van der Waals surface area (Å²) in [5.41, 5.74) is 2.97.